The van der Waals surface area contributed by atoms with Gasteiger partial charge in [0, 0.05) is 27.1 Å². The molecule has 10 aliphatic heterocycles. The number of carbonyl (C=O) groups excluding carboxylic acids is 3. The van der Waals surface area contributed by atoms with Crippen molar-refractivity contribution in [1.29, 1.82) is 0 Å². The van der Waals surface area contributed by atoms with Crippen LogP contribution in [0.3, 0.4) is 0 Å². The predicted molar refractivity (Wildman–Crippen MR) is 311 cm³/mol. The molecule has 0 bridgehead atoms. The molecule has 1 aromatic carbocycles. The van der Waals surface area contributed by atoms with Crippen molar-refractivity contribution in [2.24, 2.45) is 5.92 Å². The molecule has 2 spiro atoms. The first kappa shape index (κ1) is 72.3. The van der Waals surface area contributed by atoms with Gasteiger partial charge in [-0.2, -0.15) is 0 Å². The number of methoxy groups -OCH3 is 3. The van der Waals surface area contributed by atoms with Gasteiger partial charge in [-0.15, -0.1) is 0 Å². The number of carbonyl (C=O) groups is 3. The quantitative estimate of drug-likeness (QED) is 0.121. The van der Waals surface area contributed by atoms with Crippen LogP contribution in [-0.4, -0.2) is 272 Å². The van der Waals surface area contributed by atoms with Crippen molar-refractivity contribution in [1.82, 2.24) is 0 Å². The van der Waals surface area contributed by atoms with Gasteiger partial charge >= 0.3 is 17.9 Å². The molecule has 31 nitrogen and oxygen atoms in total. The van der Waals surface area contributed by atoms with Crippen LogP contribution in [0, 0.1) is 12.8 Å². The summed E-state index contributed by atoms with van der Waals surface area (Å²) in [5.74, 6) is -7.33. The lowest BCUT2D eigenvalue weighted by Gasteiger charge is -2.49. The highest BCUT2D eigenvalue weighted by atomic mass is 35.5. The highest BCUT2D eigenvalue weighted by Crippen LogP contribution is 2.53. The van der Waals surface area contributed by atoms with Crippen LogP contribution >= 0.6 is 23.2 Å². The number of fused-ring (bicyclic) bond motifs is 4. The van der Waals surface area contributed by atoms with Crippen molar-refractivity contribution in [3.8, 4) is 11.5 Å². The summed E-state index contributed by atoms with van der Waals surface area (Å²) >= 11 is 12.5. The normalized spacial score (nSPS) is 47.7. The van der Waals surface area contributed by atoms with Crippen LogP contribution in [0.25, 0.3) is 0 Å². The summed E-state index contributed by atoms with van der Waals surface area (Å²) in [5, 5.41) is 69.0. The Bertz CT molecular complexity index is 2870. The summed E-state index contributed by atoms with van der Waals surface area (Å²) in [6.45, 7) is 17.1. The number of aliphatic hydroxyl groups excluding tert-OH is 4. The molecule has 31 atom stereocenters. The first-order valence-corrected chi connectivity index (χ1v) is 32.5. The number of ether oxygens (including phenoxy) is 22. The molecule has 10 heterocycles. The van der Waals surface area contributed by atoms with E-state index in [0.29, 0.717) is 0 Å². The minimum absolute atomic E-state index is 0.0189. The van der Waals surface area contributed by atoms with Gasteiger partial charge in [-0.3, -0.25) is 9.59 Å². The lowest BCUT2D eigenvalue weighted by molar-refractivity contribution is -0.428. The minimum Gasteiger partial charge on any atom is -0.505 e. The number of benzene rings is 1. The van der Waals surface area contributed by atoms with E-state index in [2.05, 4.69) is 0 Å². The van der Waals surface area contributed by atoms with Crippen molar-refractivity contribution >= 4 is 40.9 Å². The highest BCUT2D eigenvalue weighted by Gasteiger charge is 2.73. The van der Waals surface area contributed by atoms with Gasteiger partial charge in [0.15, 0.2) is 66.4 Å². The Hall–Kier alpha value is -2.95. The molecule has 10 fully saturated rings. The zero-order valence-electron chi connectivity index (χ0n) is 54.6. The van der Waals surface area contributed by atoms with E-state index >= 15 is 0 Å². The fourth-order valence-electron chi connectivity index (χ4n) is 14.6. The predicted octanol–water partition coefficient (Wildman–Crippen LogP) is 1.82. The number of phenolic OH excluding ortho intramolecular Hbond substituents is 1. The second kappa shape index (κ2) is 27.9. The standard InChI is InChI=1S/C61H88Cl2O31/c1-15-31-44(39(68)48(75-14)57(82-31)88-56-49(86-53(70)21(2)3)45-32(19-76-56)91-61(92-45)52-51(77-20-78-52)60(72,27(9)64)28(10)90-61)87-55-40(69)47(43(73-12)24(6)81-55)84-34-18-58(11)50(26(8)80-34)93-59(94-58)17-30(66)42(25(7)89-59)83-33-16-29(65)41(23(5)79-33)85-54(71)35-22(4)36(62)38(67)37(63)46(35)74-13/h21,23-26,28-34,39-45,47-52,55-57,65-69,72H,15-20H2,1-14H3/t23?,24?,25?,26?,28?,29?,30?,31?,32?,33?,34?,39?,40-,41?,42-,43?,44-,45?,47?,48?,49?,50?,51?,52?,55+,56?,57?,58?,59?,60+,61-/m1/s1. The second-order valence-corrected chi connectivity index (χ2v) is 26.9. The molecular weight excluding hydrogens is 1300 g/mol. The van der Waals surface area contributed by atoms with E-state index in [0.717, 1.165) is 0 Å². The van der Waals surface area contributed by atoms with Crippen molar-refractivity contribution in [2.75, 3.05) is 34.7 Å². The van der Waals surface area contributed by atoms with Crippen LogP contribution in [0.1, 0.15) is 111 Å². The van der Waals surface area contributed by atoms with Crippen molar-refractivity contribution < 1.29 is 149 Å². The molecular formula is C61H88Cl2O31. The lowest BCUT2D eigenvalue weighted by atomic mass is 9.81. The van der Waals surface area contributed by atoms with E-state index < -0.39 is 218 Å². The van der Waals surface area contributed by atoms with Crippen LogP contribution in [0.5, 0.6) is 11.5 Å². The number of halogens is 2. The van der Waals surface area contributed by atoms with Gasteiger partial charge in [0.05, 0.1) is 79.9 Å². The molecule has 10 aliphatic rings. The average molecular weight is 1390 g/mol. The number of ketones is 1. The fourth-order valence-corrected chi connectivity index (χ4v) is 15.1. The van der Waals surface area contributed by atoms with E-state index in [4.69, 9.17) is 127 Å². The van der Waals surface area contributed by atoms with Gasteiger partial charge in [0.1, 0.15) is 90.1 Å². The third-order valence-corrected chi connectivity index (χ3v) is 20.3. The van der Waals surface area contributed by atoms with Crippen molar-refractivity contribution in [3.63, 3.8) is 0 Å². The molecule has 0 aromatic heterocycles. The van der Waals surface area contributed by atoms with Crippen molar-refractivity contribution in [3.05, 3.63) is 21.2 Å². The third-order valence-electron chi connectivity index (χ3n) is 19.5. The number of esters is 2. The lowest BCUT2D eigenvalue weighted by Crippen LogP contribution is -2.72. The molecule has 10 saturated heterocycles. The van der Waals surface area contributed by atoms with Crippen molar-refractivity contribution in [2.45, 2.75) is 291 Å². The number of Topliss-reactive ketones (excluding diaryl/α,β-unsaturated/α-hetero) is 1. The Kier molecular flexibility index (Phi) is 21.4. The maximum atomic E-state index is 13.5. The molecule has 1 aromatic rings. The number of aliphatic hydroxyl groups is 5. The maximum absolute atomic E-state index is 13.5. The number of hydrogen-bond acceptors (Lipinski definition) is 31. The van der Waals surface area contributed by atoms with E-state index in [1.165, 1.54) is 42.1 Å². The SMILES string of the molecule is CCC1OC(OC2OCC3O[C@]4(OC3C2OC(=O)C(C)C)OC(C)[C@@](O)(C(C)=O)C2OCOC24)C(OC)C(O)[C@@H]1O[C@@H]1OC(C)C(OC)C(OC2CC3(C)OC4(CC(O)[C@H](OC5CC(O)C(OC(=O)c6c(C)c(Cl)c(O)c(Cl)c6OC)C(C)O5)C(C)O4)OC3C(C)O2)[C@H]1O. The molecule has 94 heavy (non-hydrogen) atoms. The Morgan fingerprint density at radius 1 is 0.660 bits per heavy atom. The summed E-state index contributed by atoms with van der Waals surface area (Å²) in [4.78, 5) is 39.8. The van der Waals surface area contributed by atoms with Crippen LogP contribution in [-0.2, 0) is 109 Å². The topological polar surface area (TPSA) is 376 Å². The summed E-state index contributed by atoms with van der Waals surface area (Å²) in [6.07, 6.45) is -31.6. The van der Waals surface area contributed by atoms with E-state index in [1.54, 1.807) is 55.4 Å². The summed E-state index contributed by atoms with van der Waals surface area (Å²) in [5.41, 5.74) is -3.31. The molecule has 532 valence electrons. The number of rotatable bonds is 17. The smallest absolute Gasteiger partial charge is 0.342 e. The number of hydrogen-bond donors (Lipinski definition) is 6. The zero-order valence-corrected chi connectivity index (χ0v) is 56.1. The van der Waals surface area contributed by atoms with Gasteiger partial charge in [0.25, 0.3) is 5.97 Å². The van der Waals surface area contributed by atoms with Gasteiger partial charge in [-0.05, 0) is 67.4 Å². The molecule has 0 saturated carbocycles. The van der Waals surface area contributed by atoms with E-state index in [-0.39, 0.29) is 66.0 Å². The van der Waals surface area contributed by atoms with Crippen LogP contribution in [0.2, 0.25) is 10.0 Å². The first-order chi connectivity index (χ1) is 44.4. The van der Waals surface area contributed by atoms with Gasteiger partial charge in [-0.1, -0.05) is 44.0 Å². The van der Waals surface area contributed by atoms with Crippen LogP contribution in [0.15, 0.2) is 0 Å². The Balaban J connectivity index is 0.716. The van der Waals surface area contributed by atoms with Gasteiger partial charge < -0.3 is 135 Å². The summed E-state index contributed by atoms with van der Waals surface area (Å²) in [7, 11) is 4.00. The number of phenols is 1. The second-order valence-electron chi connectivity index (χ2n) is 26.2. The molecule has 11 rings (SSSR count). The fraction of sp³-hybridized carbons (Fsp3) is 0.852. The molecule has 33 heteroatoms. The Morgan fingerprint density at radius 2 is 1.34 bits per heavy atom. The largest absolute Gasteiger partial charge is 0.505 e. The molecule has 0 radical (unpaired) electrons. The molecule has 0 amide bonds. The zero-order chi connectivity index (χ0) is 68.2. The molecule has 25 unspecified atom stereocenters. The minimum atomic E-state index is -2.12. The van der Waals surface area contributed by atoms with Crippen LogP contribution < -0.4 is 4.74 Å². The average Bonchev–Trinajstić information content (AvgIpc) is 1.54. The maximum Gasteiger partial charge on any atom is 0.342 e. The Morgan fingerprint density at radius 3 is 1.99 bits per heavy atom. The van der Waals surface area contributed by atoms with Gasteiger partial charge in [0.2, 0.25) is 6.29 Å². The number of aromatic hydroxyl groups is 1. The molecule has 0 aliphatic carbocycles. The molecule has 6 N–H and O–H groups in total. The third kappa shape index (κ3) is 12.9. The summed E-state index contributed by atoms with van der Waals surface area (Å²) in [6, 6.07) is 0. The highest BCUT2D eigenvalue weighted by molar-refractivity contribution is 6.39. The van der Waals surface area contributed by atoms with Gasteiger partial charge in [-0.25, -0.2) is 4.79 Å². The first-order valence-electron chi connectivity index (χ1n) is 31.7. The Labute approximate surface area is 552 Å². The van der Waals surface area contributed by atoms with Crippen LogP contribution in [0.4, 0.5) is 0 Å². The summed E-state index contributed by atoms with van der Waals surface area (Å²) < 4.78 is 136. The monoisotopic (exact) mass is 1390 g/mol. The van der Waals surface area contributed by atoms with E-state index in [1.807, 2.05) is 0 Å². The van der Waals surface area contributed by atoms with E-state index in [9.17, 15) is 45.0 Å².